The van der Waals surface area contributed by atoms with Crippen LogP contribution >= 0.6 is 12.4 Å². The maximum absolute atomic E-state index is 12.4. The molecule has 0 aromatic heterocycles. The number of rotatable bonds is 5. The number of carbonyl (C=O) groups is 1. The van der Waals surface area contributed by atoms with Crippen molar-refractivity contribution in [1.82, 2.24) is 5.32 Å². The van der Waals surface area contributed by atoms with E-state index in [-0.39, 0.29) is 18.3 Å². The lowest BCUT2D eigenvalue weighted by molar-refractivity contribution is -0.136. The molecule has 1 saturated heterocycles. The third kappa shape index (κ3) is 4.81. The van der Waals surface area contributed by atoms with Crippen molar-refractivity contribution in [3.63, 3.8) is 0 Å². The van der Waals surface area contributed by atoms with Crippen LogP contribution in [0.2, 0.25) is 0 Å². The van der Waals surface area contributed by atoms with E-state index in [0.717, 1.165) is 45.1 Å². The highest BCUT2D eigenvalue weighted by atomic mass is 35.5. The van der Waals surface area contributed by atoms with Crippen LogP contribution in [0.4, 0.5) is 0 Å². The van der Waals surface area contributed by atoms with Crippen molar-refractivity contribution in [2.45, 2.75) is 44.6 Å². The van der Waals surface area contributed by atoms with Gasteiger partial charge in [-0.3, -0.25) is 4.79 Å². The Morgan fingerprint density at radius 2 is 1.90 bits per heavy atom. The van der Waals surface area contributed by atoms with Crippen molar-refractivity contribution in [2.75, 3.05) is 33.4 Å². The van der Waals surface area contributed by atoms with Gasteiger partial charge in [-0.1, -0.05) is 0 Å². The molecular weight excluding hydrogens is 292 g/mol. The minimum absolute atomic E-state index is 0. The highest BCUT2D eigenvalue weighted by Crippen LogP contribution is 2.30. The maximum Gasteiger partial charge on any atom is 0.227 e. The number of hydrogen-bond acceptors (Lipinski definition) is 4. The van der Waals surface area contributed by atoms with Crippen LogP contribution in [-0.2, 0) is 14.3 Å². The number of methoxy groups -OCH3 is 1. The van der Waals surface area contributed by atoms with Crippen LogP contribution in [0, 0.1) is 11.3 Å². The quantitative estimate of drug-likeness (QED) is 0.805. The molecular formula is C15H29ClN2O3. The van der Waals surface area contributed by atoms with Gasteiger partial charge in [0.2, 0.25) is 5.91 Å². The third-order valence-corrected chi connectivity index (χ3v) is 5.00. The zero-order chi connectivity index (χ0) is 14.4. The second-order valence-electron chi connectivity index (χ2n) is 6.19. The van der Waals surface area contributed by atoms with Crippen LogP contribution < -0.4 is 11.1 Å². The summed E-state index contributed by atoms with van der Waals surface area (Å²) in [4.78, 5) is 12.4. The molecule has 1 aliphatic heterocycles. The van der Waals surface area contributed by atoms with E-state index < -0.39 is 5.41 Å². The van der Waals surface area contributed by atoms with Crippen molar-refractivity contribution in [3.8, 4) is 0 Å². The molecule has 124 valence electrons. The Hall–Kier alpha value is -0.360. The van der Waals surface area contributed by atoms with Gasteiger partial charge in [-0.15, -0.1) is 12.4 Å². The summed E-state index contributed by atoms with van der Waals surface area (Å²) in [5.74, 6) is 0.706. The van der Waals surface area contributed by atoms with E-state index in [9.17, 15) is 4.79 Å². The molecule has 5 nitrogen and oxygen atoms in total. The van der Waals surface area contributed by atoms with E-state index in [4.69, 9.17) is 15.2 Å². The van der Waals surface area contributed by atoms with Gasteiger partial charge in [-0.2, -0.15) is 0 Å². The zero-order valence-electron chi connectivity index (χ0n) is 12.9. The minimum Gasteiger partial charge on any atom is -0.381 e. The lowest BCUT2D eigenvalue weighted by atomic mass is 9.79. The number of ether oxygens (including phenoxy) is 2. The van der Waals surface area contributed by atoms with E-state index in [2.05, 4.69) is 5.32 Å². The van der Waals surface area contributed by atoms with Gasteiger partial charge in [0.1, 0.15) is 0 Å². The molecule has 0 unspecified atom stereocenters. The largest absolute Gasteiger partial charge is 0.381 e. The number of carbonyl (C=O) groups excluding carboxylic acids is 1. The Labute approximate surface area is 133 Å². The summed E-state index contributed by atoms with van der Waals surface area (Å²) >= 11 is 0. The molecule has 0 aromatic carbocycles. The molecule has 0 radical (unpaired) electrons. The molecule has 0 spiro atoms. The second kappa shape index (κ2) is 8.93. The van der Waals surface area contributed by atoms with Gasteiger partial charge in [-0.25, -0.2) is 0 Å². The summed E-state index contributed by atoms with van der Waals surface area (Å²) in [6, 6.07) is 0. The van der Waals surface area contributed by atoms with Gasteiger partial charge < -0.3 is 20.5 Å². The highest BCUT2D eigenvalue weighted by Gasteiger charge is 2.38. The molecule has 2 fully saturated rings. The average molecular weight is 321 g/mol. The number of amides is 1. The zero-order valence-corrected chi connectivity index (χ0v) is 13.8. The molecule has 1 aliphatic carbocycles. The smallest absolute Gasteiger partial charge is 0.227 e. The number of hydrogen-bond donors (Lipinski definition) is 2. The first-order valence-corrected chi connectivity index (χ1v) is 7.79. The summed E-state index contributed by atoms with van der Waals surface area (Å²) in [7, 11) is 1.78. The van der Waals surface area contributed by atoms with E-state index in [0.29, 0.717) is 31.8 Å². The van der Waals surface area contributed by atoms with Crippen molar-refractivity contribution in [3.05, 3.63) is 0 Å². The molecule has 3 N–H and O–H groups in total. The monoisotopic (exact) mass is 320 g/mol. The first-order valence-electron chi connectivity index (χ1n) is 7.79. The molecule has 6 heteroatoms. The lowest BCUT2D eigenvalue weighted by Crippen LogP contribution is -2.50. The molecule has 1 heterocycles. The predicted molar refractivity (Wildman–Crippen MR) is 84.6 cm³/mol. The molecule has 0 aromatic rings. The molecule has 21 heavy (non-hydrogen) atoms. The third-order valence-electron chi connectivity index (χ3n) is 5.00. The molecule has 1 amide bonds. The molecule has 0 atom stereocenters. The summed E-state index contributed by atoms with van der Waals surface area (Å²) in [6.07, 6.45) is 6.37. The number of nitrogens with two attached hydrogens (primary N) is 1. The SMILES string of the molecule is COC1CCC(CNC(=O)C2(CN)CCOCC2)CC1.Cl. The maximum atomic E-state index is 12.4. The Balaban J connectivity index is 0.00000220. The first-order chi connectivity index (χ1) is 9.70. The molecule has 2 aliphatic rings. The Morgan fingerprint density at radius 3 is 2.43 bits per heavy atom. The van der Waals surface area contributed by atoms with E-state index in [1.807, 2.05) is 0 Å². The fourth-order valence-corrected chi connectivity index (χ4v) is 3.28. The first kappa shape index (κ1) is 18.7. The Kier molecular flexibility index (Phi) is 7.95. The van der Waals surface area contributed by atoms with Crippen molar-refractivity contribution < 1.29 is 14.3 Å². The van der Waals surface area contributed by atoms with Crippen LogP contribution in [-0.4, -0.2) is 45.4 Å². The van der Waals surface area contributed by atoms with Gasteiger partial charge in [-0.05, 0) is 44.4 Å². The van der Waals surface area contributed by atoms with Crippen molar-refractivity contribution in [1.29, 1.82) is 0 Å². The average Bonchev–Trinajstić information content (AvgIpc) is 2.53. The van der Waals surface area contributed by atoms with Crippen LogP contribution in [0.5, 0.6) is 0 Å². The summed E-state index contributed by atoms with van der Waals surface area (Å²) in [5.41, 5.74) is 5.45. The minimum atomic E-state index is -0.401. The number of nitrogens with one attached hydrogen (secondary N) is 1. The predicted octanol–water partition coefficient (Wildman–Crippen LogP) is 1.49. The summed E-state index contributed by atoms with van der Waals surface area (Å²) in [6.45, 7) is 2.48. The van der Waals surface area contributed by atoms with Gasteiger partial charge in [0.25, 0.3) is 0 Å². The molecule has 0 bridgehead atoms. The van der Waals surface area contributed by atoms with Crippen LogP contribution in [0.25, 0.3) is 0 Å². The van der Waals surface area contributed by atoms with E-state index >= 15 is 0 Å². The lowest BCUT2D eigenvalue weighted by Gasteiger charge is -2.35. The Bertz CT molecular complexity index is 314. The van der Waals surface area contributed by atoms with Gasteiger partial charge in [0.15, 0.2) is 0 Å². The fourth-order valence-electron chi connectivity index (χ4n) is 3.28. The van der Waals surface area contributed by atoms with E-state index in [1.54, 1.807) is 7.11 Å². The highest BCUT2D eigenvalue weighted by molar-refractivity contribution is 5.85. The summed E-state index contributed by atoms with van der Waals surface area (Å²) in [5, 5.41) is 3.13. The number of halogens is 1. The summed E-state index contributed by atoms with van der Waals surface area (Å²) < 4.78 is 10.7. The van der Waals surface area contributed by atoms with E-state index in [1.165, 1.54) is 0 Å². The Morgan fingerprint density at radius 1 is 1.29 bits per heavy atom. The molecule has 2 rings (SSSR count). The van der Waals surface area contributed by atoms with Crippen LogP contribution in [0.3, 0.4) is 0 Å². The van der Waals surface area contributed by atoms with Crippen molar-refractivity contribution >= 4 is 18.3 Å². The van der Waals surface area contributed by atoms with Gasteiger partial charge in [0, 0.05) is 33.4 Å². The van der Waals surface area contributed by atoms with Crippen molar-refractivity contribution in [2.24, 2.45) is 17.1 Å². The fraction of sp³-hybridized carbons (Fsp3) is 0.933. The van der Waals surface area contributed by atoms with Gasteiger partial charge >= 0.3 is 0 Å². The van der Waals surface area contributed by atoms with Gasteiger partial charge in [0.05, 0.1) is 11.5 Å². The normalized spacial score (nSPS) is 28.5. The standard InChI is InChI=1S/C15H28N2O3.ClH/c1-19-13-4-2-12(3-5-13)10-17-14(18)15(11-16)6-8-20-9-7-15;/h12-13H,2-11,16H2,1H3,(H,17,18);1H. The van der Waals surface area contributed by atoms with Crippen LogP contribution in [0.1, 0.15) is 38.5 Å². The van der Waals surface area contributed by atoms with Crippen LogP contribution in [0.15, 0.2) is 0 Å². The second-order valence-corrected chi connectivity index (χ2v) is 6.19. The topological polar surface area (TPSA) is 73.6 Å². The molecule has 1 saturated carbocycles.